The summed E-state index contributed by atoms with van der Waals surface area (Å²) in [5.41, 5.74) is 6.66. The van der Waals surface area contributed by atoms with E-state index in [4.69, 9.17) is 0 Å². The van der Waals surface area contributed by atoms with Gasteiger partial charge in [-0.25, -0.2) is 8.78 Å². The molecule has 0 aliphatic heterocycles. The SMILES string of the molecule is Cc1ccc(/C=C\C(SC(/C=C\c2ccc(C)cc2)c2ccc(F)cc2)c2ccc(F)cc2)cc1. The summed E-state index contributed by atoms with van der Waals surface area (Å²) in [6.07, 6.45) is 8.51. The van der Waals surface area contributed by atoms with E-state index in [-0.39, 0.29) is 22.1 Å². The molecular weight excluding hydrogens is 454 g/mol. The number of hydrogen-bond acceptors (Lipinski definition) is 1. The van der Waals surface area contributed by atoms with Crippen LogP contribution >= 0.6 is 11.8 Å². The monoisotopic (exact) mass is 482 g/mol. The molecule has 0 spiro atoms. The van der Waals surface area contributed by atoms with Gasteiger partial charge in [0.25, 0.3) is 0 Å². The van der Waals surface area contributed by atoms with Crippen LogP contribution < -0.4 is 0 Å². The van der Waals surface area contributed by atoms with Crippen molar-refractivity contribution in [3.63, 3.8) is 0 Å². The zero-order valence-corrected chi connectivity index (χ0v) is 20.7. The van der Waals surface area contributed by atoms with E-state index in [0.29, 0.717) is 0 Å². The minimum Gasteiger partial charge on any atom is -0.207 e. The van der Waals surface area contributed by atoms with Gasteiger partial charge in [-0.3, -0.25) is 0 Å². The third-order valence-corrected chi connectivity index (χ3v) is 7.22. The molecule has 0 aliphatic rings. The molecule has 0 aliphatic carbocycles. The fourth-order valence-corrected chi connectivity index (χ4v) is 4.97. The molecule has 176 valence electrons. The minimum absolute atomic E-state index is 0.0328. The molecule has 4 aromatic rings. The van der Waals surface area contributed by atoms with Crippen molar-refractivity contribution in [3.8, 4) is 0 Å². The highest BCUT2D eigenvalue weighted by Crippen LogP contribution is 2.43. The van der Waals surface area contributed by atoms with Crippen LogP contribution in [0.5, 0.6) is 0 Å². The van der Waals surface area contributed by atoms with Crippen molar-refractivity contribution in [2.75, 3.05) is 0 Å². The highest BCUT2D eigenvalue weighted by atomic mass is 32.2. The summed E-state index contributed by atoms with van der Waals surface area (Å²) in [4.78, 5) is 0. The first-order valence-corrected chi connectivity index (χ1v) is 12.6. The maximum Gasteiger partial charge on any atom is 0.123 e. The molecule has 2 atom stereocenters. The number of benzene rings is 4. The first kappa shape index (κ1) is 24.7. The molecule has 0 amide bonds. The third kappa shape index (κ3) is 7.27. The van der Waals surface area contributed by atoms with E-state index in [9.17, 15) is 8.78 Å². The number of aryl methyl sites for hydroxylation is 2. The van der Waals surface area contributed by atoms with Gasteiger partial charge in [0, 0.05) is 10.5 Å². The van der Waals surface area contributed by atoms with Crippen molar-refractivity contribution in [3.05, 3.63) is 154 Å². The standard InChI is InChI=1S/C32H28F2S/c1-23-3-7-25(8-4-23)11-21-31(27-13-17-29(33)18-14-27)35-32(28-15-19-30(34)20-16-28)22-12-26-9-5-24(2)6-10-26/h3-22,31-32H,1-2H3/b21-11-,22-12-. The molecule has 3 heteroatoms. The van der Waals surface area contributed by atoms with E-state index in [1.54, 1.807) is 11.8 Å². The average Bonchev–Trinajstić information content (AvgIpc) is 2.87. The lowest BCUT2D eigenvalue weighted by atomic mass is 10.1. The van der Waals surface area contributed by atoms with Gasteiger partial charge < -0.3 is 0 Å². The Morgan fingerprint density at radius 2 is 0.857 bits per heavy atom. The van der Waals surface area contributed by atoms with Gasteiger partial charge in [0.15, 0.2) is 0 Å². The summed E-state index contributed by atoms with van der Waals surface area (Å²) in [5, 5.41) is -0.0655. The van der Waals surface area contributed by atoms with Gasteiger partial charge in [0.2, 0.25) is 0 Å². The number of halogens is 2. The summed E-state index contributed by atoms with van der Waals surface area (Å²) >= 11 is 1.73. The van der Waals surface area contributed by atoms with Crippen LogP contribution in [0.2, 0.25) is 0 Å². The maximum absolute atomic E-state index is 13.7. The van der Waals surface area contributed by atoms with Gasteiger partial charge in [-0.05, 0) is 60.4 Å². The molecule has 0 N–H and O–H groups in total. The summed E-state index contributed by atoms with van der Waals surface area (Å²) in [6.45, 7) is 4.14. The van der Waals surface area contributed by atoms with E-state index in [1.807, 2.05) is 24.3 Å². The Bertz CT molecular complexity index is 1170. The Labute approximate surface area is 211 Å². The lowest BCUT2D eigenvalue weighted by Crippen LogP contribution is -1.98. The fraction of sp³-hybridized carbons (Fsp3) is 0.125. The number of rotatable bonds is 8. The summed E-state index contributed by atoms with van der Waals surface area (Å²) in [6, 6.07) is 30.0. The van der Waals surface area contributed by atoms with Crippen LogP contribution in [0.15, 0.2) is 109 Å². The summed E-state index contributed by atoms with van der Waals surface area (Å²) in [5.74, 6) is -0.510. The zero-order valence-electron chi connectivity index (χ0n) is 19.9. The molecule has 4 rings (SSSR count). The van der Waals surface area contributed by atoms with Crippen LogP contribution in [0.1, 0.15) is 43.9 Å². The second-order valence-electron chi connectivity index (χ2n) is 8.62. The van der Waals surface area contributed by atoms with E-state index < -0.39 is 0 Å². The first-order chi connectivity index (χ1) is 17.0. The van der Waals surface area contributed by atoms with Gasteiger partial charge in [0.1, 0.15) is 11.6 Å². The normalized spacial score (nSPS) is 13.4. The molecule has 0 nitrogen and oxygen atoms in total. The van der Waals surface area contributed by atoms with E-state index >= 15 is 0 Å². The Balaban J connectivity index is 1.67. The molecule has 0 heterocycles. The summed E-state index contributed by atoms with van der Waals surface area (Å²) in [7, 11) is 0. The number of hydrogen-bond donors (Lipinski definition) is 0. The van der Waals surface area contributed by atoms with Crippen LogP contribution in [0, 0.1) is 25.5 Å². The molecule has 0 aromatic heterocycles. The molecule has 2 unspecified atom stereocenters. The van der Waals surface area contributed by atoms with Crippen LogP contribution in [0.4, 0.5) is 8.78 Å². The topological polar surface area (TPSA) is 0 Å². The van der Waals surface area contributed by atoms with Crippen LogP contribution in [0.25, 0.3) is 12.2 Å². The van der Waals surface area contributed by atoms with Crippen LogP contribution in [-0.2, 0) is 0 Å². The Morgan fingerprint density at radius 3 is 1.20 bits per heavy atom. The van der Waals surface area contributed by atoms with Gasteiger partial charge in [-0.1, -0.05) is 108 Å². The average molecular weight is 483 g/mol. The van der Waals surface area contributed by atoms with Crippen molar-refractivity contribution in [2.45, 2.75) is 24.3 Å². The highest BCUT2D eigenvalue weighted by Gasteiger charge is 2.17. The molecule has 0 saturated heterocycles. The largest absolute Gasteiger partial charge is 0.207 e. The Kier molecular flexibility index (Phi) is 8.33. The van der Waals surface area contributed by atoms with Crippen molar-refractivity contribution in [1.82, 2.24) is 0 Å². The Hall–Kier alpha value is -3.43. The van der Waals surface area contributed by atoms with Gasteiger partial charge in [0.05, 0.1) is 0 Å². The highest BCUT2D eigenvalue weighted by molar-refractivity contribution is 8.00. The quantitative estimate of drug-likeness (QED) is 0.241. The van der Waals surface area contributed by atoms with E-state index in [2.05, 4.69) is 86.7 Å². The predicted molar refractivity (Wildman–Crippen MR) is 146 cm³/mol. The smallest absolute Gasteiger partial charge is 0.123 e. The zero-order chi connectivity index (χ0) is 24.6. The second-order valence-corrected chi connectivity index (χ2v) is 9.91. The van der Waals surface area contributed by atoms with Gasteiger partial charge >= 0.3 is 0 Å². The van der Waals surface area contributed by atoms with Gasteiger partial charge in [-0.2, -0.15) is 0 Å². The van der Waals surface area contributed by atoms with Crippen molar-refractivity contribution < 1.29 is 8.78 Å². The maximum atomic E-state index is 13.7. The molecule has 4 aromatic carbocycles. The molecule has 0 fully saturated rings. The second kappa shape index (κ2) is 11.8. The van der Waals surface area contributed by atoms with Crippen molar-refractivity contribution in [2.24, 2.45) is 0 Å². The Morgan fingerprint density at radius 1 is 0.514 bits per heavy atom. The molecular formula is C32H28F2S. The molecule has 0 radical (unpaired) electrons. The van der Waals surface area contributed by atoms with E-state index in [0.717, 1.165) is 22.3 Å². The minimum atomic E-state index is -0.255. The van der Waals surface area contributed by atoms with Crippen molar-refractivity contribution in [1.29, 1.82) is 0 Å². The van der Waals surface area contributed by atoms with E-state index in [1.165, 1.54) is 35.4 Å². The van der Waals surface area contributed by atoms with Gasteiger partial charge in [-0.15, -0.1) is 11.8 Å². The lowest BCUT2D eigenvalue weighted by molar-refractivity contribution is 0.627. The predicted octanol–water partition coefficient (Wildman–Crippen LogP) is 9.52. The lowest BCUT2D eigenvalue weighted by Gasteiger charge is -2.20. The molecule has 35 heavy (non-hydrogen) atoms. The first-order valence-electron chi connectivity index (χ1n) is 11.6. The molecule has 0 saturated carbocycles. The van der Waals surface area contributed by atoms with Crippen LogP contribution in [-0.4, -0.2) is 0 Å². The van der Waals surface area contributed by atoms with Crippen LogP contribution in [0.3, 0.4) is 0 Å². The summed E-state index contributed by atoms with van der Waals surface area (Å²) < 4.78 is 27.3. The third-order valence-electron chi connectivity index (χ3n) is 5.77. The molecule has 0 bridgehead atoms. The van der Waals surface area contributed by atoms with Crippen molar-refractivity contribution >= 4 is 23.9 Å². The fourth-order valence-electron chi connectivity index (χ4n) is 3.69. The number of thioether (sulfide) groups is 1.